The van der Waals surface area contributed by atoms with Crippen LogP contribution in [-0.4, -0.2) is 67.5 Å². The van der Waals surface area contributed by atoms with Crippen LogP contribution in [0.4, 0.5) is 0 Å². The zero-order valence-corrected chi connectivity index (χ0v) is 11.3. The molecule has 0 aromatic rings. The largest absolute Gasteiger partial charge is 0.296 e. The van der Waals surface area contributed by atoms with Gasteiger partial charge in [-0.2, -0.15) is 0 Å². The molecule has 2 aliphatic heterocycles. The third-order valence-electron chi connectivity index (χ3n) is 3.71. The minimum Gasteiger partial charge on any atom is -0.296 e. The first kappa shape index (κ1) is 12.3. The van der Waals surface area contributed by atoms with Crippen molar-refractivity contribution >= 4 is 9.84 Å². The first-order valence-corrected chi connectivity index (χ1v) is 7.80. The summed E-state index contributed by atoms with van der Waals surface area (Å²) in [6, 6.07) is 0.578. The Hall–Kier alpha value is -0.130. The molecule has 0 radical (unpaired) electrons. The Morgan fingerprint density at radius 3 is 2.00 bits per heavy atom. The van der Waals surface area contributed by atoms with Crippen molar-refractivity contribution in [3.8, 4) is 0 Å². The van der Waals surface area contributed by atoms with Crippen molar-refractivity contribution < 1.29 is 8.42 Å². The zero-order valence-electron chi connectivity index (χ0n) is 10.4. The Morgan fingerprint density at radius 2 is 1.56 bits per heavy atom. The van der Waals surface area contributed by atoms with Crippen LogP contribution < -0.4 is 0 Å². The van der Waals surface area contributed by atoms with Gasteiger partial charge in [0, 0.05) is 37.8 Å². The minimum atomic E-state index is -2.73. The summed E-state index contributed by atoms with van der Waals surface area (Å²) >= 11 is 0. The summed E-state index contributed by atoms with van der Waals surface area (Å²) in [6.45, 7) is 10.3. The molecule has 0 bridgehead atoms. The quantitative estimate of drug-likeness (QED) is 0.663. The van der Waals surface area contributed by atoms with Crippen LogP contribution in [0.3, 0.4) is 0 Å². The molecule has 94 valence electrons. The van der Waals surface area contributed by atoms with Crippen LogP contribution in [0, 0.1) is 0 Å². The molecule has 0 unspecified atom stereocenters. The summed E-state index contributed by atoms with van der Waals surface area (Å²) in [5, 5.41) is 0. The zero-order chi connectivity index (χ0) is 12.0. The topological polar surface area (TPSA) is 40.6 Å². The van der Waals surface area contributed by atoms with Crippen LogP contribution in [0.25, 0.3) is 0 Å². The molecular formula is C11H22N2O2S. The molecule has 5 heteroatoms. The lowest BCUT2D eigenvalue weighted by atomic mass is 9.96. The molecule has 2 heterocycles. The highest BCUT2D eigenvalue weighted by molar-refractivity contribution is 7.91. The second kappa shape index (κ2) is 3.96. The number of likely N-dealkylation sites (tertiary alicyclic amines) is 1. The highest BCUT2D eigenvalue weighted by atomic mass is 32.2. The third-order valence-corrected chi connectivity index (χ3v) is 5.32. The SMILES string of the molecule is CC(C)(C)N1CC(N2CCS(=O)(=O)CC2)C1. The molecule has 2 aliphatic rings. The van der Waals surface area contributed by atoms with Gasteiger partial charge in [0.2, 0.25) is 0 Å². The first-order chi connectivity index (χ1) is 7.28. The molecule has 0 aliphatic carbocycles. The van der Waals surface area contributed by atoms with E-state index in [2.05, 4.69) is 30.6 Å². The number of nitrogens with zero attached hydrogens (tertiary/aromatic N) is 2. The first-order valence-electron chi connectivity index (χ1n) is 5.97. The average molecular weight is 246 g/mol. The molecule has 0 aromatic heterocycles. The molecule has 2 saturated heterocycles. The Kier molecular flexibility index (Phi) is 3.05. The molecular weight excluding hydrogens is 224 g/mol. The predicted molar refractivity (Wildman–Crippen MR) is 65.3 cm³/mol. The van der Waals surface area contributed by atoms with Gasteiger partial charge in [0.25, 0.3) is 0 Å². The maximum atomic E-state index is 11.3. The molecule has 0 aromatic carbocycles. The van der Waals surface area contributed by atoms with Gasteiger partial charge < -0.3 is 0 Å². The van der Waals surface area contributed by atoms with E-state index in [1.807, 2.05) is 0 Å². The Balaban J connectivity index is 1.81. The second-order valence-corrected chi connectivity index (χ2v) is 8.22. The normalized spacial score (nSPS) is 28.9. The smallest absolute Gasteiger partial charge is 0.152 e. The molecule has 0 spiro atoms. The monoisotopic (exact) mass is 246 g/mol. The summed E-state index contributed by atoms with van der Waals surface area (Å²) < 4.78 is 22.6. The summed E-state index contributed by atoms with van der Waals surface area (Å²) in [6.07, 6.45) is 0. The van der Waals surface area contributed by atoms with Gasteiger partial charge in [-0.15, -0.1) is 0 Å². The van der Waals surface area contributed by atoms with Crippen LogP contribution in [-0.2, 0) is 9.84 Å². The van der Waals surface area contributed by atoms with Crippen molar-refractivity contribution in [3.63, 3.8) is 0 Å². The molecule has 2 fully saturated rings. The summed E-state index contributed by atoms with van der Waals surface area (Å²) in [5.74, 6) is 0.692. The lowest BCUT2D eigenvalue weighted by Crippen LogP contribution is -2.66. The van der Waals surface area contributed by atoms with Crippen molar-refractivity contribution in [1.82, 2.24) is 9.80 Å². The molecule has 0 atom stereocenters. The maximum Gasteiger partial charge on any atom is 0.152 e. The molecule has 2 rings (SSSR count). The molecule has 0 amide bonds. The number of hydrogen-bond donors (Lipinski definition) is 0. The van der Waals surface area contributed by atoms with Crippen LogP contribution in [0.1, 0.15) is 20.8 Å². The molecule has 0 saturated carbocycles. The van der Waals surface area contributed by atoms with Gasteiger partial charge in [0.05, 0.1) is 11.5 Å². The Morgan fingerprint density at radius 1 is 1.06 bits per heavy atom. The minimum absolute atomic E-state index is 0.248. The Labute approximate surface area is 98.5 Å². The van der Waals surface area contributed by atoms with Crippen molar-refractivity contribution in [2.24, 2.45) is 0 Å². The number of sulfone groups is 1. The van der Waals surface area contributed by atoms with E-state index in [-0.39, 0.29) is 5.54 Å². The van der Waals surface area contributed by atoms with Gasteiger partial charge >= 0.3 is 0 Å². The highest BCUT2D eigenvalue weighted by Gasteiger charge is 2.39. The van der Waals surface area contributed by atoms with E-state index in [1.165, 1.54) is 0 Å². The lowest BCUT2D eigenvalue weighted by molar-refractivity contribution is -0.0190. The van der Waals surface area contributed by atoms with Gasteiger partial charge in [0.1, 0.15) is 0 Å². The van der Waals surface area contributed by atoms with Crippen LogP contribution in [0.5, 0.6) is 0 Å². The van der Waals surface area contributed by atoms with Gasteiger partial charge in [0.15, 0.2) is 9.84 Å². The van der Waals surface area contributed by atoms with E-state index in [9.17, 15) is 8.42 Å². The fraction of sp³-hybridized carbons (Fsp3) is 1.00. The summed E-state index contributed by atoms with van der Waals surface area (Å²) in [5.41, 5.74) is 0.248. The van der Waals surface area contributed by atoms with Gasteiger partial charge in [-0.1, -0.05) is 0 Å². The van der Waals surface area contributed by atoms with Crippen molar-refractivity contribution in [2.75, 3.05) is 37.7 Å². The van der Waals surface area contributed by atoms with E-state index in [4.69, 9.17) is 0 Å². The van der Waals surface area contributed by atoms with Gasteiger partial charge in [-0.25, -0.2) is 8.42 Å². The van der Waals surface area contributed by atoms with Crippen molar-refractivity contribution in [1.29, 1.82) is 0 Å². The fourth-order valence-electron chi connectivity index (χ4n) is 2.33. The van der Waals surface area contributed by atoms with Gasteiger partial charge in [-0.3, -0.25) is 9.80 Å². The van der Waals surface area contributed by atoms with Crippen LogP contribution in [0.2, 0.25) is 0 Å². The predicted octanol–water partition coefficient (Wildman–Crippen LogP) is 0.200. The molecule has 16 heavy (non-hydrogen) atoms. The third kappa shape index (κ3) is 2.57. The van der Waals surface area contributed by atoms with Crippen molar-refractivity contribution in [2.45, 2.75) is 32.4 Å². The van der Waals surface area contributed by atoms with Crippen LogP contribution in [0.15, 0.2) is 0 Å². The average Bonchev–Trinajstić information content (AvgIpc) is 2.02. The number of hydrogen-bond acceptors (Lipinski definition) is 4. The molecule has 4 nitrogen and oxygen atoms in total. The van der Waals surface area contributed by atoms with E-state index in [0.717, 1.165) is 26.2 Å². The highest BCUT2D eigenvalue weighted by Crippen LogP contribution is 2.25. The number of rotatable bonds is 1. The van der Waals surface area contributed by atoms with E-state index < -0.39 is 9.84 Å². The lowest BCUT2D eigenvalue weighted by Gasteiger charge is -2.52. The summed E-state index contributed by atoms with van der Waals surface area (Å²) in [7, 11) is -2.73. The van der Waals surface area contributed by atoms with E-state index in [1.54, 1.807) is 0 Å². The van der Waals surface area contributed by atoms with Gasteiger partial charge in [-0.05, 0) is 20.8 Å². The second-order valence-electron chi connectivity index (χ2n) is 5.92. The standard InChI is InChI=1S/C11H22N2O2S/c1-11(2,3)13-8-10(9-13)12-4-6-16(14,15)7-5-12/h10H,4-9H2,1-3H3. The maximum absolute atomic E-state index is 11.3. The van der Waals surface area contributed by atoms with E-state index >= 15 is 0 Å². The Bertz CT molecular complexity index is 339. The summed E-state index contributed by atoms with van der Waals surface area (Å²) in [4.78, 5) is 4.78. The van der Waals surface area contributed by atoms with E-state index in [0.29, 0.717) is 17.5 Å². The fourth-order valence-corrected chi connectivity index (χ4v) is 3.56. The van der Waals surface area contributed by atoms with Crippen LogP contribution >= 0.6 is 0 Å². The molecule has 0 N–H and O–H groups in total. The van der Waals surface area contributed by atoms with Crippen molar-refractivity contribution in [3.05, 3.63) is 0 Å².